The van der Waals surface area contributed by atoms with Gasteiger partial charge < -0.3 is 25.2 Å². The molecule has 3 aromatic rings. The van der Waals surface area contributed by atoms with Gasteiger partial charge >= 0.3 is 5.97 Å². The summed E-state index contributed by atoms with van der Waals surface area (Å²) in [6, 6.07) is 16.9. The zero-order valence-corrected chi connectivity index (χ0v) is 17.9. The predicted octanol–water partition coefficient (Wildman–Crippen LogP) is 4.27. The second-order valence-electron chi connectivity index (χ2n) is 7.48. The van der Waals surface area contributed by atoms with Gasteiger partial charge in [0.15, 0.2) is 0 Å². The Morgan fingerprint density at radius 1 is 0.906 bits per heavy atom. The summed E-state index contributed by atoms with van der Waals surface area (Å²) in [5, 5.41) is 15.8. The summed E-state index contributed by atoms with van der Waals surface area (Å²) in [4.78, 5) is 24.3. The van der Waals surface area contributed by atoms with Crippen molar-refractivity contribution in [2.24, 2.45) is 0 Å². The molecule has 4 rings (SSSR count). The normalized spacial score (nSPS) is 12.0. The number of anilines is 3. The van der Waals surface area contributed by atoms with Gasteiger partial charge in [0.1, 0.15) is 5.75 Å². The van der Waals surface area contributed by atoms with E-state index in [4.69, 9.17) is 9.47 Å². The molecule has 0 fully saturated rings. The van der Waals surface area contributed by atoms with E-state index in [0.717, 1.165) is 22.4 Å². The van der Waals surface area contributed by atoms with E-state index in [2.05, 4.69) is 10.6 Å². The van der Waals surface area contributed by atoms with Crippen LogP contribution in [-0.4, -0.2) is 31.2 Å². The Morgan fingerprint density at radius 3 is 2.44 bits per heavy atom. The highest BCUT2D eigenvalue weighted by Crippen LogP contribution is 2.36. The summed E-state index contributed by atoms with van der Waals surface area (Å²) in [5.74, 6) is 0.122. The number of carbonyl (C=O) groups is 2. The van der Waals surface area contributed by atoms with Gasteiger partial charge in [0.25, 0.3) is 5.91 Å². The molecule has 1 heterocycles. The number of esters is 1. The van der Waals surface area contributed by atoms with Crippen molar-refractivity contribution in [2.75, 3.05) is 24.9 Å². The fourth-order valence-electron chi connectivity index (χ4n) is 3.72. The Morgan fingerprint density at radius 2 is 1.69 bits per heavy atom. The van der Waals surface area contributed by atoms with E-state index in [1.54, 1.807) is 13.2 Å². The second-order valence-corrected chi connectivity index (χ2v) is 7.48. The van der Waals surface area contributed by atoms with Crippen LogP contribution in [-0.2, 0) is 22.6 Å². The van der Waals surface area contributed by atoms with Gasteiger partial charge in [-0.1, -0.05) is 24.3 Å². The van der Waals surface area contributed by atoms with Crippen molar-refractivity contribution in [1.29, 1.82) is 0 Å². The number of aliphatic hydroxyl groups is 1. The van der Waals surface area contributed by atoms with Crippen LogP contribution in [0.1, 0.15) is 27.9 Å². The highest BCUT2D eigenvalue weighted by Gasteiger charge is 2.20. The summed E-state index contributed by atoms with van der Waals surface area (Å²) < 4.78 is 10.1. The molecule has 0 radical (unpaired) electrons. The van der Waals surface area contributed by atoms with Gasteiger partial charge in [-0.15, -0.1) is 0 Å². The third-order valence-electron chi connectivity index (χ3n) is 5.50. The lowest BCUT2D eigenvalue weighted by atomic mass is 10.00. The first-order valence-corrected chi connectivity index (χ1v) is 10.2. The molecule has 0 saturated heterocycles. The molecule has 0 aromatic heterocycles. The lowest BCUT2D eigenvalue weighted by Gasteiger charge is -2.13. The standard InChI is InChI=1S/C25H24N2O5/c1-31-23-13-17(5-6-18(23)14-28)16-7-8-19-21(12-16)26-20-9-3-15(4-10-24(29)32-2)11-22(20)27-25(19)30/h3,5-9,11-13,26,28H,4,10,14H2,1-2H3,(H,27,30). The summed E-state index contributed by atoms with van der Waals surface area (Å²) >= 11 is 0. The first-order chi connectivity index (χ1) is 15.5. The Kier molecular flexibility index (Phi) is 6.09. The van der Waals surface area contributed by atoms with Gasteiger partial charge in [-0.2, -0.15) is 0 Å². The first kappa shape index (κ1) is 21.4. The zero-order chi connectivity index (χ0) is 22.7. The van der Waals surface area contributed by atoms with E-state index < -0.39 is 0 Å². The molecular formula is C25H24N2O5. The number of aliphatic hydroxyl groups excluding tert-OH is 1. The highest BCUT2D eigenvalue weighted by molar-refractivity contribution is 6.12. The molecule has 3 aromatic carbocycles. The van der Waals surface area contributed by atoms with Crippen molar-refractivity contribution in [3.8, 4) is 16.9 Å². The van der Waals surface area contributed by atoms with Crippen molar-refractivity contribution >= 4 is 28.9 Å². The number of benzene rings is 3. The van der Waals surface area contributed by atoms with Crippen LogP contribution in [0.25, 0.3) is 11.1 Å². The third kappa shape index (κ3) is 4.29. The number of aryl methyl sites for hydroxylation is 1. The minimum Gasteiger partial charge on any atom is -0.496 e. The number of hydrogen-bond acceptors (Lipinski definition) is 6. The monoisotopic (exact) mass is 432 g/mol. The fourth-order valence-corrected chi connectivity index (χ4v) is 3.72. The van der Waals surface area contributed by atoms with Crippen LogP contribution in [0, 0.1) is 0 Å². The van der Waals surface area contributed by atoms with E-state index in [1.807, 2.05) is 48.5 Å². The molecule has 3 N–H and O–H groups in total. The number of ether oxygens (including phenoxy) is 2. The number of nitrogens with one attached hydrogen (secondary N) is 2. The molecule has 0 unspecified atom stereocenters. The molecule has 32 heavy (non-hydrogen) atoms. The number of carbonyl (C=O) groups excluding carboxylic acids is 2. The molecule has 0 saturated carbocycles. The number of rotatable bonds is 6. The van der Waals surface area contributed by atoms with Crippen molar-refractivity contribution in [2.45, 2.75) is 19.4 Å². The van der Waals surface area contributed by atoms with Crippen LogP contribution in [0.5, 0.6) is 5.75 Å². The summed E-state index contributed by atoms with van der Waals surface area (Å²) in [7, 11) is 2.93. The maximum atomic E-state index is 12.9. The highest BCUT2D eigenvalue weighted by atomic mass is 16.5. The van der Waals surface area contributed by atoms with Crippen molar-refractivity contribution in [1.82, 2.24) is 0 Å². The smallest absolute Gasteiger partial charge is 0.305 e. The number of hydrogen-bond donors (Lipinski definition) is 3. The second kappa shape index (κ2) is 9.11. The molecular weight excluding hydrogens is 408 g/mol. The fraction of sp³-hybridized carbons (Fsp3) is 0.200. The van der Waals surface area contributed by atoms with Crippen molar-refractivity contribution in [3.63, 3.8) is 0 Å². The maximum Gasteiger partial charge on any atom is 0.305 e. The van der Waals surface area contributed by atoms with Crippen LogP contribution in [0.15, 0.2) is 54.6 Å². The molecule has 1 amide bonds. The number of methoxy groups -OCH3 is 2. The van der Waals surface area contributed by atoms with E-state index in [-0.39, 0.29) is 24.9 Å². The van der Waals surface area contributed by atoms with Crippen LogP contribution in [0.2, 0.25) is 0 Å². The van der Waals surface area contributed by atoms with Gasteiger partial charge in [0.05, 0.1) is 43.5 Å². The van der Waals surface area contributed by atoms with Crippen LogP contribution >= 0.6 is 0 Å². The van der Waals surface area contributed by atoms with Gasteiger partial charge in [-0.3, -0.25) is 9.59 Å². The molecule has 0 atom stereocenters. The summed E-state index contributed by atoms with van der Waals surface area (Å²) in [5.41, 5.74) is 6.09. The van der Waals surface area contributed by atoms with Crippen LogP contribution in [0.4, 0.5) is 17.1 Å². The van der Waals surface area contributed by atoms with Gasteiger partial charge in [0, 0.05) is 12.0 Å². The molecule has 7 heteroatoms. The zero-order valence-electron chi connectivity index (χ0n) is 17.9. The number of fused-ring (bicyclic) bond motifs is 2. The minimum atomic E-state index is -0.273. The van der Waals surface area contributed by atoms with E-state index in [9.17, 15) is 14.7 Å². The SMILES string of the molecule is COC(=O)CCc1ccc2c(c1)NC(=O)c1ccc(-c3ccc(CO)c(OC)c3)cc1N2. The van der Waals surface area contributed by atoms with E-state index >= 15 is 0 Å². The largest absolute Gasteiger partial charge is 0.496 e. The summed E-state index contributed by atoms with van der Waals surface area (Å²) in [6.07, 6.45) is 0.803. The Bertz CT molecular complexity index is 1190. The molecule has 0 aliphatic carbocycles. The molecule has 1 aliphatic heterocycles. The maximum absolute atomic E-state index is 12.9. The van der Waals surface area contributed by atoms with Gasteiger partial charge in [-0.25, -0.2) is 0 Å². The molecule has 7 nitrogen and oxygen atoms in total. The summed E-state index contributed by atoms with van der Waals surface area (Å²) in [6.45, 7) is -0.103. The predicted molar refractivity (Wildman–Crippen MR) is 122 cm³/mol. The Hall–Kier alpha value is -3.84. The topological polar surface area (TPSA) is 96.9 Å². The third-order valence-corrected chi connectivity index (χ3v) is 5.50. The molecule has 0 bridgehead atoms. The molecule has 0 spiro atoms. The average Bonchev–Trinajstić information content (AvgIpc) is 2.96. The Balaban J connectivity index is 1.65. The van der Waals surface area contributed by atoms with E-state index in [1.165, 1.54) is 7.11 Å². The minimum absolute atomic E-state index is 0.103. The lowest BCUT2D eigenvalue weighted by Crippen LogP contribution is -2.11. The van der Waals surface area contributed by atoms with E-state index in [0.29, 0.717) is 34.7 Å². The molecule has 1 aliphatic rings. The Labute approximate surface area is 186 Å². The van der Waals surface area contributed by atoms with Gasteiger partial charge in [0.2, 0.25) is 0 Å². The number of amides is 1. The lowest BCUT2D eigenvalue weighted by molar-refractivity contribution is -0.140. The quantitative estimate of drug-likeness (QED) is 0.504. The van der Waals surface area contributed by atoms with Crippen molar-refractivity contribution in [3.05, 3.63) is 71.3 Å². The van der Waals surface area contributed by atoms with Crippen LogP contribution < -0.4 is 15.4 Å². The first-order valence-electron chi connectivity index (χ1n) is 10.2. The molecule has 164 valence electrons. The van der Waals surface area contributed by atoms with Gasteiger partial charge in [-0.05, 0) is 53.4 Å². The average molecular weight is 432 g/mol. The van der Waals surface area contributed by atoms with Crippen molar-refractivity contribution < 1.29 is 24.2 Å². The van der Waals surface area contributed by atoms with Crippen LogP contribution in [0.3, 0.4) is 0 Å².